The summed E-state index contributed by atoms with van der Waals surface area (Å²) in [6.07, 6.45) is 0. The third-order valence-corrected chi connectivity index (χ3v) is 3.06. The molecule has 120 valence electrons. The molecule has 6 nitrogen and oxygen atoms in total. The van der Waals surface area contributed by atoms with E-state index in [0.717, 1.165) is 5.56 Å². The molecule has 0 bridgehead atoms. The number of hydrogen-bond donors (Lipinski definition) is 3. The molecule has 0 spiro atoms. The highest BCUT2D eigenvalue weighted by molar-refractivity contribution is 5.99. The van der Waals surface area contributed by atoms with Crippen molar-refractivity contribution in [3.63, 3.8) is 0 Å². The van der Waals surface area contributed by atoms with Gasteiger partial charge in [-0.1, -0.05) is 17.7 Å². The fraction of sp³-hybridized carbons (Fsp3) is 0.176. The third kappa shape index (κ3) is 5.03. The molecule has 0 aliphatic heterocycles. The number of hydrazone groups is 1. The second kappa shape index (κ2) is 7.31. The van der Waals surface area contributed by atoms with Crippen molar-refractivity contribution in [2.24, 2.45) is 5.10 Å². The van der Waals surface area contributed by atoms with Gasteiger partial charge in [-0.15, -0.1) is 0 Å². The number of aryl methyl sites for hydroxylation is 1. The number of nitrogens with zero attached hydrogens (tertiary/aromatic N) is 1. The zero-order valence-corrected chi connectivity index (χ0v) is 12.9. The van der Waals surface area contributed by atoms with E-state index in [-0.39, 0.29) is 18.1 Å². The van der Waals surface area contributed by atoms with Gasteiger partial charge in [0.25, 0.3) is 5.91 Å². The number of ether oxygens (including phenoxy) is 1. The van der Waals surface area contributed by atoms with Crippen LogP contribution in [-0.2, 0) is 4.79 Å². The summed E-state index contributed by atoms with van der Waals surface area (Å²) in [5.74, 6) is 0.0332. The maximum atomic E-state index is 11.7. The number of aromatic hydroxyl groups is 2. The molecule has 0 heterocycles. The molecule has 0 radical (unpaired) electrons. The molecule has 0 unspecified atom stereocenters. The fourth-order valence-corrected chi connectivity index (χ4v) is 1.83. The fourth-order valence-electron chi connectivity index (χ4n) is 1.83. The second-order valence-electron chi connectivity index (χ2n) is 5.07. The summed E-state index contributed by atoms with van der Waals surface area (Å²) in [5, 5.41) is 22.8. The number of benzene rings is 2. The van der Waals surface area contributed by atoms with Crippen LogP contribution in [0.5, 0.6) is 17.2 Å². The molecule has 2 aromatic carbocycles. The Kier molecular flexibility index (Phi) is 5.19. The zero-order valence-electron chi connectivity index (χ0n) is 12.9. The molecular formula is C17H18N2O4. The van der Waals surface area contributed by atoms with E-state index in [2.05, 4.69) is 10.5 Å². The van der Waals surface area contributed by atoms with Crippen LogP contribution in [0.15, 0.2) is 47.6 Å². The number of phenolic OH excluding ortho intramolecular Hbond substituents is 2. The first-order valence-electron chi connectivity index (χ1n) is 7.00. The van der Waals surface area contributed by atoms with Gasteiger partial charge in [-0.2, -0.15) is 5.10 Å². The summed E-state index contributed by atoms with van der Waals surface area (Å²) in [6, 6.07) is 11.4. The average molecular weight is 314 g/mol. The maximum Gasteiger partial charge on any atom is 0.277 e. The molecule has 0 aliphatic carbocycles. The van der Waals surface area contributed by atoms with Gasteiger partial charge in [0.15, 0.2) is 6.61 Å². The molecule has 0 saturated heterocycles. The minimum absolute atomic E-state index is 0.0800. The predicted octanol–water partition coefficient (Wildman–Crippen LogP) is 2.33. The van der Waals surface area contributed by atoms with Crippen LogP contribution in [-0.4, -0.2) is 28.4 Å². The number of amides is 1. The molecule has 0 aromatic heterocycles. The summed E-state index contributed by atoms with van der Waals surface area (Å²) in [7, 11) is 0. The number of rotatable bonds is 5. The van der Waals surface area contributed by atoms with Crippen LogP contribution < -0.4 is 10.2 Å². The molecule has 0 atom stereocenters. The molecule has 1 amide bonds. The topological polar surface area (TPSA) is 91.2 Å². The molecule has 23 heavy (non-hydrogen) atoms. The quantitative estimate of drug-likeness (QED) is 0.583. The van der Waals surface area contributed by atoms with E-state index in [1.54, 1.807) is 19.1 Å². The van der Waals surface area contributed by atoms with E-state index < -0.39 is 5.91 Å². The third-order valence-electron chi connectivity index (χ3n) is 3.06. The molecule has 0 saturated carbocycles. The van der Waals surface area contributed by atoms with Crippen LogP contribution in [0, 0.1) is 6.92 Å². The first-order valence-corrected chi connectivity index (χ1v) is 7.00. The van der Waals surface area contributed by atoms with Crippen molar-refractivity contribution in [2.75, 3.05) is 6.61 Å². The van der Waals surface area contributed by atoms with Crippen molar-refractivity contribution in [1.82, 2.24) is 5.43 Å². The van der Waals surface area contributed by atoms with Gasteiger partial charge in [0.1, 0.15) is 17.2 Å². The molecule has 0 fully saturated rings. The van der Waals surface area contributed by atoms with Crippen LogP contribution in [0.2, 0.25) is 0 Å². The summed E-state index contributed by atoms with van der Waals surface area (Å²) >= 11 is 0. The van der Waals surface area contributed by atoms with Crippen LogP contribution in [0.25, 0.3) is 0 Å². The van der Waals surface area contributed by atoms with Gasteiger partial charge in [0, 0.05) is 11.6 Å². The van der Waals surface area contributed by atoms with E-state index in [0.29, 0.717) is 17.0 Å². The summed E-state index contributed by atoms with van der Waals surface area (Å²) < 4.78 is 5.34. The van der Waals surface area contributed by atoms with Gasteiger partial charge in [0.2, 0.25) is 0 Å². The Morgan fingerprint density at radius 1 is 1.13 bits per heavy atom. The Hall–Kier alpha value is -3.02. The van der Waals surface area contributed by atoms with E-state index in [1.807, 2.05) is 19.1 Å². The van der Waals surface area contributed by atoms with Crippen LogP contribution >= 0.6 is 0 Å². The van der Waals surface area contributed by atoms with Gasteiger partial charge in [-0.05, 0) is 38.1 Å². The first-order chi connectivity index (χ1) is 10.9. The van der Waals surface area contributed by atoms with Crippen molar-refractivity contribution in [2.45, 2.75) is 13.8 Å². The van der Waals surface area contributed by atoms with Crippen molar-refractivity contribution < 1.29 is 19.7 Å². The lowest BCUT2D eigenvalue weighted by molar-refractivity contribution is -0.123. The SMILES string of the molecule is C/C(=N/NC(=O)COc1ccc(C)cc1)c1cc(O)cc(O)c1. The van der Waals surface area contributed by atoms with E-state index in [1.165, 1.54) is 18.2 Å². The van der Waals surface area contributed by atoms with Crippen LogP contribution in [0.4, 0.5) is 0 Å². The molecular weight excluding hydrogens is 296 g/mol. The van der Waals surface area contributed by atoms with Crippen molar-refractivity contribution in [3.05, 3.63) is 53.6 Å². The smallest absolute Gasteiger partial charge is 0.277 e. The lowest BCUT2D eigenvalue weighted by atomic mass is 10.1. The van der Waals surface area contributed by atoms with Crippen LogP contribution in [0.1, 0.15) is 18.1 Å². The van der Waals surface area contributed by atoms with E-state index >= 15 is 0 Å². The van der Waals surface area contributed by atoms with Gasteiger partial charge in [-0.25, -0.2) is 5.43 Å². The van der Waals surface area contributed by atoms with Crippen LogP contribution in [0.3, 0.4) is 0 Å². The highest BCUT2D eigenvalue weighted by Gasteiger charge is 2.05. The van der Waals surface area contributed by atoms with Crippen molar-refractivity contribution in [3.8, 4) is 17.2 Å². The molecule has 3 N–H and O–H groups in total. The average Bonchev–Trinajstić information content (AvgIpc) is 2.51. The Balaban J connectivity index is 1.90. The number of carbonyl (C=O) groups excluding carboxylic acids is 1. The monoisotopic (exact) mass is 314 g/mol. The number of carbonyl (C=O) groups is 1. The standard InChI is InChI=1S/C17H18N2O4/c1-11-3-5-16(6-4-11)23-10-17(22)19-18-12(2)13-7-14(20)9-15(21)8-13/h3-9,20-21H,10H2,1-2H3,(H,19,22)/b18-12-. The number of phenols is 2. The predicted molar refractivity (Wildman–Crippen MR) is 86.8 cm³/mol. The molecule has 0 aliphatic rings. The minimum Gasteiger partial charge on any atom is -0.508 e. The Morgan fingerprint density at radius 2 is 1.74 bits per heavy atom. The lowest BCUT2D eigenvalue weighted by Gasteiger charge is -2.06. The van der Waals surface area contributed by atoms with E-state index in [4.69, 9.17) is 4.74 Å². The first kappa shape index (κ1) is 16.4. The molecule has 6 heteroatoms. The Labute approximate surface area is 134 Å². The highest BCUT2D eigenvalue weighted by Crippen LogP contribution is 2.20. The Morgan fingerprint density at radius 3 is 2.35 bits per heavy atom. The van der Waals surface area contributed by atoms with Gasteiger partial charge < -0.3 is 14.9 Å². The molecule has 2 rings (SSSR count). The molecule has 2 aromatic rings. The maximum absolute atomic E-state index is 11.7. The largest absolute Gasteiger partial charge is 0.508 e. The zero-order chi connectivity index (χ0) is 16.8. The second-order valence-corrected chi connectivity index (χ2v) is 5.07. The minimum atomic E-state index is -0.408. The van der Waals surface area contributed by atoms with Crippen molar-refractivity contribution >= 4 is 11.6 Å². The number of hydrogen-bond acceptors (Lipinski definition) is 5. The highest BCUT2D eigenvalue weighted by atomic mass is 16.5. The summed E-state index contributed by atoms with van der Waals surface area (Å²) in [5.41, 5.74) is 4.42. The normalized spacial score (nSPS) is 11.1. The van der Waals surface area contributed by atoms with E-state index in [9.17, 15) is 15.0 Å². The summed E-state index contributed by atoms with van der Waals surface area (Å²) in [4.78, 5) is 11.7. The number of nitrogens with one attached hydrogen (secondary N) is 1. The van der Waals surface area contributed by atoms with Gasteiger partial charge in [0.05, 0.1) is 5.71 Å². The lowest BCUT2D eigenvalue weighted by Crippen LogP contribution is -2.25. The Bertz CT molecular complexity index is 704. The van der Waals surface area contributed by atoms with Crippen molar-refractivity contribution in [1.29, 1.82) is 0 Å². The van der Waals surface area contributed by atoms with Gasteiger partial charge >= 0.3 is 0 Å². The van der Waals surface area contributed by atoms with Gasteiger partial charge in [-0.3, -0.25) is 4.79 Å². The summed E-state index contributed by atoms with van der Waals surface area (Å²) in [6.45, 7) is 3.45.